The lowest BCUT2D eigenvalue weighted by atomic mass is 9.98. The van der Waals surface area contributed by atoms with Gasteiger partial charge in [0.1, 0.15) is 17.8 Å². The van der Waals surface area contributed by atoms with Crippen LogP contribution in [-0.2, 0) is 6.54 Å². The number of aromatic nitrogens is 5. The third-order valence-corrected chi connectivity index (χ3v) is 5.23. The molecule has 1 aromatic carbocycles. The molecule has 0 unspecified atom stereocenters. The summed E-state index contributed by atoms with van der Waals surface area (Å²) >= 11 is 0. The third-order valence-electron chi connectivity index (χ3n) is 5.23. The Morgan fingerprint density at radius 3 is 2.78 bits per heavy atom. The van der Waals surface area contributed by atoms with E-state index in [0.29, 0.717) is 11.7 Å². The Labute approximate surface area is 162 Å². The predicted octanol–water partition coefficient (Wildman–Crippen LogP) is 2.98. The monoisotopic (exact) mass is 383 g/mol. The first-order valence-corrected chi connectivity index (χ1v) is 9.05. The van der Waals surface area contributed by atoms with Gasteiger partial charge in [0.25, 0.3) is 0 Å². The standard InChI is InChI=1S/C19H21N7.ClH/c20-18-16-17(15-9-13-3-1-2-4-14(13)24-15)25-26(19(16)23-11-22-18)10-12-5-7-21-8-6-12;/h1-4,9,11-12,21,24H,5-8,10H2,(H2,20,22,23);1H. The molecule has 1 aliphatic heterocycles. The number of halogens is 1. The van der Waals surface area contributed by atoms with Crippen LogP contribution >= 0.6 is 12.4 Å². The fraction of sp³-hybridized carbons (Fsp3) is 0.316. The number of aromatic amines is 1. The lowest BCUT2D eigenvalue weighted by Gasteiger charge is -2.22. The first-order chi connectivity index (χ1) is 12.8. The summed E-state index contributed by atoms with van der Waals surface area (Å²) in [6.45, 7) is 2.99. The van der Waals surface area contributed by atoms with Gasteiger partial charge in [-0.25, -0.2) is 14.6 Å². The van der Waals surface area contributed by atoms with Gasteiger partial charge in [0.15, 0.2) is 5.65 Å². The van der Waals surface area contributed by atoms with Gasteiger partial charge < -0.3 is 16.0 Å². The molecule has 0 atom stereocenters. The zero-order valence-corrected chi connectivity index (χ0v) is 15.7. The van der Waals surface area contributed by atoms with Gasteiger partial charge in [0.2, 0.25) is 0 Å². The number of H-pyrrole nitrogens is 1. The average Bonchev–Trinajstić information content (AvgIpc) is 3.25. The average molecular weight is 384 g/mol. The third kappa shape index (κ3) is 3.13. The van der Waals surface area contributed by atoms with Crippen molar-refractivity contribution < 1.29 is 0 Å². The second-order valence-corrected chi connectivity index (χ2v) is 6.95. The van der Waals surface area contributed by atoms with Crippen molar-refractivity contribution in [3.8, 4) is 11.4 Å². The van der Waals surface area contributed by atoms with Crippen molar-refractivity contribution >= 4 is 40.2 Å². The molecule has 4 N–H and O–H groups in total. The number of fused-ring (bicyclic) bond motifs is 2. The van der Waals surface area contributed by atoms with Gasteiger partial charge in [-0.15, -0.1) is 12.4 Å². The molecule has 0 amide bonds. The lowest BCUT2D eigenvalue weighted by Crippen LogP contribution is -2.30. The number of anilines is 1. The Balaban J connectivity index is 0.00000180. The lowest BCUT2D eigenvalue weighted by molar-refractivity contribution is 0.325. The molecule has 8 heteroatoms. The van der Waals surface area contributed by atoms with E-state index in [9.17, 15) is 0 Å². The van der Waals surface area contributed by atoms with Crippen molar-refractivity contribution in [2.45, 2.75) is 19.4 Å². The summed E-state index contributed by atoms with van der Waals surface area (Å²) in [4.78, 5) is 12.1. The molecule has 0 saturated carbocycles. The summed E-state index contributed by atoms with van der Waals surface area (Å²) in [7, 11) is 0. The van der Waals surface area contributed by atoms with E-state index in [1.54, 1.807) is 0 Å². The summed E-state index contributed by atoms with van der Waals surface area (Å²) < 4.78 is 2.00. The summed E-state index contributed by atoms with van der Waals surface area (Å²) in [5, 5.41) is 10.3. The van der Waals surface area contributed by atoms with Gasteiger partial charge in [0.05, 0.1) is 11.1 Å². The number of benzene rings is 1. The van der Waals surface area contributed by atoms with Crippen LogP contribution in [0, 0.1) is 5.92 Å². The highest BCUT2D eigenvalue weighted by molar-refractivity contribution is 5.99. The molecule has 1 aliphatic rings. The van der Waals surface area contributed by atoms with Gasteiger partial charge in [-0.2, -0.15) is 5.10 Å². The van der Waals surface area contributed by atoms with Crippen LogP contribution in [0.25, 0.3) is 33.3 Å². The number of piperidine rings is 1. The molecule has 7 nitrogen and oxygen atoms in total. The Hall–Kier alpha value is -2.64. The summed E-state index contributed by atoms with van der Waals surface area (Å²) in [6.07, 6.45) is 3.83. The molecule has 0 bridgehead atoms. The molecule has 27 heavy (non-hydrogen) atoms. The van der Waals surface area contributed by atoms with Crippen molar-refractivity contribution in [1.29, 1.82) is 0 Å². The molecule has 5 rings (SSSR count). The smallest absolute Gasteiger partial charge is 0.164 e. The number of nitrogens with one attached hydrogen (secondary N) is 2. The SMILES string of the molecule is Cl.Nc1ncnc2c1c(-c1cc3ccccc3[nH]1)nn2CC1CCNCC1. The summed E-state index contributed by atoms with van der Waals surface area (Å²) in [5.74, 6) is 1.08. The van der Waals surface area contributed by atoms with Crippen LogP contribution in [0.2, 0.25) is 0 Å². The van der Waals surface area contributed by atoms with E-state index in [-0.39, 0.29) is 12.4 Å². The maximum Gasteiger partial charge on any atom is 0.164 e. The number of hydrogen-bond donors (Lipinski definition) is 3. The Kier molecular flexibility index (Phi) is 4.72. The normalized spacial score (nSPS) is 15.3. The van der Waals surface area contributed by atoms with Crippen LogP contribution in [-0.4, -0.2) is 37.8 Å². The molecule has 4 aromatic rings. The van der Waals surface area contributed by atoms with E-state index < -0.39 is 0 Å². The molecule has 3 aromatic heterocycles. The van der Waals surface area contributed by atoms with Gasteiger partial charge in [-0.3, -0.25) is 0 Å². The molecule has 0 radical (unpaired) electrons. The highest BCUT2D eigenvalue weighted by Crippen LogP contribution is 2.32. The van der Waals surface area contributed by atoms with Crippen molar-refractivity contribution in [2.75, 3.05) is 18.8 Å². The van der Waals surface area contributed by atoms with E-state index in [0.717, 1.165) is 65.8 Å². The summed E-state index contributed by atoms with van der Waals surface area (Å²) in [6, 6.07) is 10.3. The number of para-hydroxylation sites is 1. The molecule has 4 heterocycles. The van der Waals surface area contributed by atoms with Crippen LogP contribution < -0.4 is 11.1 Å². The second kappa shape index (κ2) is 7.17. The van der Waals surface area contributed by atoms with Crippen molar-refractivity contribution in [2.24, 2.45) is 5.92 Å². The van der Waals surface area contributed by atoms with E-state index in [1.807, 2.05) is 16.8 Å². The van der Waals surface area contributed by atoms with Gasteiger partial charge in [-0.05, 0) is 44.0 Å². The van der Waals surface area contributed by atoms with Crippen LogP contribution in [0.3, 0.4) is 0 Å². The zero-order chi connectivity index (χ0) is 17.5. The maximum absolute atomic E-state index is 6.21. The van der Waals surface area contributed by atoms with Crippen molar-refractivity contribution in [1.82, 2.24) is 30.0 Å². The van der Waals surface area contributed by atoms with Crippen molar-refractivity contribution in [3.63, 3.8) is 0 Å². The molecule has 1 fully saturated rings. The minimum Gasteiger partial charge on any atom is -0.383 e. The van der Waals surface area contributed by atoms with Crippen LogP contribution in [0.1, 0.15) is 12.8 Å². The Morgan fingerprint density at radius 2 is 1.96 bits per heavy atom. The topological polar surface area (TPSA) is 97.4 Å². The maximum atomic E-state index is 6.21. The van der Waals surface area contributed by atoms with Crippen LogP contribution in [0.4, 0.5) is 5.82 Å². The number of nitrogens with two attached hydrogens (primary N) is 1. The quantitative estimate of drug-likeness (QED) is 0.505. The Morgan fingerprint density at radius 1 is 1.15 bits per heavy atom. The predicted molar refractivity (Wildman–Crippen MR) is 110 cm³/mol. The number of nitrogens with zero attached hydrogens (tertiary/aromatic N) is 4. The zero-order valence-electron chi connectivity index (χ0n) is 14.9. The minimum absolute atomic E-state index is 0. The van der Waals surface area contributed by atoms with Crippen LogP contribution in [0.15, 0.2) is 36.7 Å². The first-order valence-electron chi connectivity index (χ1n) is 9.05. The fourth-order valence-electron chi connectivity index (χ4n) is 3.86. The largest absolute Gasteiger partial charge is 0.383 e. The molecular formula is C19H22ClN7. The highest BCUT2D eigenvalue weighted by atomic mass is 35.5. The van der Waals surface area contributed by atoms with Crippen LogP contribution in [0.5, 0.6) is 0 Å². The molecule has 140 valence electrons. The highest BCUT2D eigenvalue weighted by Gasteiger charge is 2.21. The van der Waals surface area contributed by atoms with E-state index in [2.05, 4.69) is 38.5 Å². The second-order valence-electron chi connectivity index (χ2n) is 6.95. The van der Waals surface area contributed by atoms with Gasteiger partial charge in [-0.1, -0.05) is 18.2 Å². The minimum atomic E-state index is 0. The number of rotatable bonds is 3. The molecule has 0 spiro atoms. The van der Waals surface area contributed by atoms with Gasteiger partial charge in [0, 0.05) is 17.4 Å². The van der Waals surface area contributed by atoms with E-state index in [1.165, 1.54) is 6.33 Å². The number of nitrogen functional groups attached to an aromatic ring is 1. The molecule has 0 aliphatic carbocycles. The molecule has 1 saturated heterocycles. The first kappa shape index (κ1) is 17.8. The van der Waals surface area contributed by atoms with Gasteiger partial charge >= 0.3 is 0 Å². The number of hydrogen-bond acceptors (Lipinski definition) is 5. The fourth-order valence-corrected chi connectivity index (χ4v) is 3.86. The molecular weight excluding hydrogens is 362 g/mol. The van der Waals surface area contributed by atoms with E-state index >= 15 is 0 Å². The Bertz CT molecular complexity index is 1050. The van der Waals surface area contributed by atoms with E-state index in [4.69, 9.17) is 10.8 Å². The van der Waals surface area contributed by atoms with Crippen molar-refractivity contribution in [3.05, 3.63) is 36.7 Å². The summed E-state index contributed by atoms with van der Waals surface area (Å²) in [5.41, 5.74) is 9.87.